The van der Waals surface area contributed by atoms with E-state index in [2.05, 4.69) is 5.32 Å². The second-order valence-corrected chi connectivity index (χ2v) is 1.78. The maximum Gasteiger partial charge on any atom is 0.316 e. The number of rotatable bonds is 2. The normalized spacial score (nSPS) is 11.1. The van der Waals surface area contributed by atoms with Gasteiger partial charge in [0.15, 0.2) is 0 Å². The molecule has 0 aromatic carbocycles. The van der Waals surface area contributed by atoms with Gasteiger partial charge in [-0.15, -0.1) is 0 Å². The fourth-order valence-corrected chi connectivity index (χ4v) is 0.552. The van der Waals surface area contributed by atoms with Crippen molar-refractivity contribution in [1.29, 1.82) is 0 Å². The van der Waals surface area contributed by atoms with Gasteiger partial charge in [0.05, 0.1) is 0 Å². The number of carbonyl (C=O) groups excluding carboxylic acids is 1. The summed E-state index contributed by atoms with van der Waals surface area (Å²) < 4.78 is 0. The van der Waals surface area contributed by atoms with Crippen molar-refractivity contribution in [2.24, 2.45) is 5.73 Å². The summed E-state index contributed by atoms with van der Waals surface area (Å²) in [5.74, 6) is 0. The van der Waals surface area contributed by atoms with Crippen molar-refractivity contribution in [2.45, 2.75) is 20.3 Å². The van der Waals surface area contributed by atoms with Crippen LogP contribution in [0, 0.1) is 0 Å². The molecule has 52 valence electrons. The van der Waals surface area contributed by atoms with Gasteiger partial charge >= 0.3 is 6.03 Å². The van der Waals surface area contributed by atoms with Gasteiger partial charge in [0.1, 0.15) is 0 Å². The van der Waals surface area contributed by atoms with Crippen LogP contribution in [0.15, 0.2) is 11.8 Å². The van der Waals surface area contributed by atoms with Crippen molar-refractivity contribution in [1.82, 2.24) is 5.32 Å². The molecule has 9 heavy (non-hydrogen) atoms. The molecule has 0 fully saturated rings. The highest BCUT2D eigenvalue weighted by Crippen LogP contribution is 1.87. The lowest BCUT2D eigenvalue weighted by atomic mass is 10.4. The molecule has 3 nitrogen and oxygen atoms in total. The molecular weight excluding hydrogens is 116 g/mol. The van der Waals surface area contributed by atoms with Gasteiger partial charge in [-0.05, 0) is 13.3 Å². The minimum Gasteiger partial charge on any atom is -0.351 e. The predicted octanol–water partition coefficient (Wildman–Crippen LogP) is 0.969. The van der Waals surface area contributed by atoms with E-state index in [-0.39, 0.29) is 0 Å². The molecule has 0 spiro atoms. The van der Waals surface area contributed by atoms with Gasteiger partial charge in [-0.3, -0.25) is 0 Å². The standard InChI is InChI=1S/C6H12N2O/c1-3-4-5(2)8-6(7)9/h4H,3H2,1-2H3,(H3,7,8,9). The third-order valence-electron chi connectivity index (χ3n) is 0.831. The van der Waals surface area contributed by atoms with Crippen molar-refractivity contribution in [3.63, 3.8) is 0 Å². The molecule has 3 N–H and O–H groups in total. The molecule has 0 aliphatic heterocycles. The molecular formula is C6H12N2O. The number of nitrogens with one attached hydrogen (secondary N) is 1. The third kappa shape index (κ3) is 4.87. The molecule has 0 rings (SSSR count). The number of hydrogen-bond donors (Lipinski definition) is 2. The van der Waals surface area contributed by atoms with Crippen LogP contribution in [0.3, 0.4) is 0 Å². The van der Waals surface area contributed by atoms with Crippen LogP contribution in [0.5, 0.6) is 0 Å². The first kappa shape index (κ1) is 8.01. The Kier molecular flexibility index (Phi) is 3.51. The van der Waals surface area contributed by atoms with E-state index in [4.69, 9.17) is 5.73 Å². The van der Waals surface area contributed by atoms with Gasteiger partial charge in [0.2, 0.25) is 0 Å². The number of primary amides is 1. The van der Waals surface area contributed by atoms with Crippen molar-refractivity contribution >= 4 is 6.03 Å². The average molecular weight is 128 g/mol. The van der Waals surface area contributed by atoms with E-state index in [1.165, 1.54) is 0 Å². The van der Waals surface area contributed by atoms with Crippen LogP contribution in [-0.4, -0.2) is 6.03 Å². The Morgan fingerprint density at radius 1 is 1.78 bits per heavy atom. The summed E-state index contributed by atoms with van der Waals surface area (Å²) in [5, 5.41) is 2.44. The Morgan fingerprint density at radius 3 is 2.67 bits per heavy atom. The second-order valence-electron chi connectivity index (χ2n) is 1.78. The lowest BCUT2D eigenvalue weighted by Gasteiger charge is -1.97. The number of urea groups is 1. The molecule has 0 bridgehead atoms. The zero-order valence-corrected chi connectivity index (χ0v) is 5.77. The van der Waals surface area contributed by atoms with E-state index in [1.54, 1.807) is 6.92 Å². The van der Waals surface area contributed by atoms with E-state index in [1.807, 2.05) is 13.0 Å². The van der Waals surface area contributed by atoms with Crippen LogP contribution in [0.1, 0.15) is 20.3 Å². The topological polar surface area (TPSA) is 55.1 Å². The molecule has 0 aromatic heterocycles. The largest absolute Gasteiger partial charge is 0.351 e. The Hall–Kier alpha value is -0.990. The van der Waals surface area contributed by atoms with Gasteiger partial charge < -0.3 is 11.1 Å². The summed E-state index contributed by atoms with van der Waals surface area (Å²) in [7, 11) is 0. The zero-order valence-electron chi connectivity index (χ0n) is 5.77. The summed E-state index contributed by atoms with van der Waals surface area (Å²) in [6, 6.07) is -0.503. The fourth-order valence-electron chi connectivity index (χ4n) is 0.552. The number of allylic oxidation sites excluding steroid dienone is 2. The molecule has 0 aliphatic rings. The number of carbonyl (C=O) groups is 1. The second kappa shape index (κ2) is 3.95. The van der Waals surface area contributed by atoms with Crippen LogP contribution in [0.4, 0.5) is 4.79 Å². The molecule has 3 heteroatoms. The Bertz CT molecular complexity index is 129. The zero-order chi connectivity index (χ0) is 7.28. The molecule has 0 heterocycles. The minimum atomic E-state index is -0.503. The SMILES string of the molecule is CCC=C(C)NC(N)=O. The summed E-state index contributed by atoms with van der Waals surface area (Å²) in [6.45, 7) is 3.79. The van der Waals surface area contributed by atoms with E-state index >= 15 is 0 Å². The quantitative estimate of drug-likeness (QED) is 0.572. The third-order valence-corrected chi connectivity index (χ3v) is 0.831. The number of amides is 2. The highest BCUT2D eigenvalue weighted by atomic mass is 16.2. The minimum absolute atomic E-state index is 0.503. The smallest absolute Gasteiger partial charge is 0.316 e. The molecule has 0 aliphatic carbocycles. The maximum absolute atomic E-state index is 10.2. The Morgan fingerprint density at radius 2 is 2.33 bits per heavy atom. The first-order chi connectivity index (χ1) is 4.16. The van der Waals surface area contributed by atoms with Gasteiger partial charge in [-0.2, -0.15) is 0 Å². The van der Waals surface area contributed by atoms with E-state index in [0.29, 0.717) is 0 Å². The van der Waals surface area contributed by atoms with Gasteiger partial charge in [-0.25, -0.2) is 4.79 Å². The lowest BCUT2D eigenvalue weighted by molar-refractivity contribution is 0.251. The van der Waals surface area contributed by atoms with Crippen LogP contribution in [0.25, 0.3) is 0 Å². The first-order valence-corrected chi connectivity index (χ1v) is 2.90. The summed E-state index contributed by atoms with van der Waals surface area (Å²) >= 11 is 0. The highest BCUT2D eigenvalue weighted by molar-refractivity contribution is 5.73. The van der Waals surface area contributed by atoms with Crippen LogP contribution < -0.4 is 11.1 Å². The van der Waals surface area contributed by atoms with Crippen molar-refractivity contribution in [3.8, 4) is 0 Å². The van der Waals surface area contributed by atoms with Crippen LogP contribution in [0.2, 0.25) is 0 Å². The summed E-state index contributed by atoms with van der Waals surface area (Å²) in [4.78, 5) is 10.2. The van der Waals surface area contributed by atoms with Crippen LogP contribution in [-0.2, 0) is 0 Å². The highest BCUT2D eigenvalue weighted by Gasteiger charge is 1.89. The fraction of sp³-hybridized carbons (Fsp3) is 0.500. The van der Waals surface area contributed by atoms with Crippen LogP contribution >= 0.6 is 0 Å². The monoisotopic (exact) mass is 128 g/mol. The number of nitrogens with two attached hydrogens (primary N) is 1. The molecule has 0 saturated carbocycles. The van der Waals surface area contributed by atoms with Gasteiger partial charge in [0.25, 0.3) is 0 Å². The predicted molar refractivity (Wildman–Crippen MR) is 36.8 cm³/mol. The van der Waals surface area contributed by atoms with E-state index < -0.39 is 6.03 Å². The van der Waals surface area contributed by atoms with E-state index in [9.17, 15) is 4.79 Å². The number of hydrogen-bond acceptors (Lipinski definition) is 1. The van der Waals surface area contributed by atoms with Crippen molar-refractivity contribution < 1.29 is 4.79 Å². The molecule has 0 unspecified atom stereocenters. The maximum atomic E-state index is 10.2. The summed E-state index contributed by atoms with van der Waals surface area (Å²) in [6.07, 6.45) is 2.80. The Balaban J connectivity index is 3.62. The van der Waals surface area contributed by atoms with Crippen molar-refractivity contribution in [3.05, 3.63) is 11.8 Å². The molecule has 0 radical (unpaired) electrons. The molecule has 2 amide bonds. The first-order valence-electron chi connectivity index (χ1n) is 2.90. The van der Waals surface area contributed by atoms with Gasteiger partial charge in [-0.1, -0.05) is 13.0 Å². The molecule has 0 saturated heterocycles. The lowest BCUT2D eigenvalue weighted by Crippen LogP contribution is -2.27. The molecule has 0 atom stereocenters. The van der Waals surface area contributed by atoms with Crippen molar-refractivity contribution in [2.75, 3.05) is 0 Å². The molecule has 0 aromatic rings. The summed E-state index contributed by atoms with van der Waals surface area (Å²) in [5.41, 5.74) is 5.64. The Labute approximate surface area is 54.9 Å². The van der Waals surface area contributed by atoms with Gasteiger partial charge in [0, 0.05) is 5.70 Å². The van der Waals surface area contributed by atoms with E-state index in [0.717, 1.165) is 12.1 Å². The average Bonchev–Trinajstić information content (AvgIpc) is 1.63.